The fourth-order valence-electron chi connectivity index (χ4n) is 4.07. The van der Waals surface area contributed by atoms with Crippen molar-refractivity contribution in [2.45, 2.75) is 12.5 Å². The lowest BCUT2D eigenvalue weighted by Crippen LogP contribution is -2.31. The molecule has 5 rings (SSSR count). The lowest BCUT2D eigenvalue weighted by Gasteiger charge is -2.23. The van der Waals surface area contributed by atoms with Gasteiger partial charge in [0.05, 0.1) is 20.3 Å². The van der Waals surface area contributed by atoms with Gasteiger partial charge in [-0.05, 0) is 42.0 Å². The van der Waals surface area contributed by atoms with Crippen LogP contribution in [0.25, 0.3) is 11.0 Å². The summed E-state index contributed by atoms with van der Waals surface area (Å²) in [4.78, 5) is 13.3. The molecule has 9 nitrogen and oxygen atoms in total. The summed E-state index contributed by atoms with van der Waals surface area (Å²) in [7, 11) is 2.89. The van der Waals surface area contributed by atoms with Crippen molar-refractivity contribution >= 4 is 28.4 Å². The van der Waals surface area contributed by atoms with Gasteiger partial charge in [-0.15, -0.1) is 0 Å². The lowest BCUT2D eigenvalue weighted by atomic mass is 10.0. The summed E-state index contributed by atoms with van der Waals surface area (Å²) in [6.07, 6.45) is 0.389. The normalized spacial score (nSPS) is 15.2. The largest absolute Gasteiger partial charge is 0.504 e. The van der Waals surface area contributed by atoms with E-state index in [2.05, 4.69) is 10.4 Å². The van der Waals surface area contributed by atoms with Gasteiger partial charge < -0.3 is 29.4 Å². The summed E-state index contributed by atoms with van der Waals surface area (Å²) in [6.45, 7) is 0. The van der Waals surface area contributed by atoms with Crippen LogP contribution in [0.15, 0.2) is 76.2 Å². The van der Waals surface area contributed by atoms with Gasteiger partial charge in [-0.1, -0.05) is 24.3 Å². The molecule has 35 heavy (non-hydrogen) atoms. The molecule has 3 aromatic carbocycles. The summed E-state index contributed by atoms with van der Waals surface area (Å²) in [5, 5.41) is 29.6. The third-order valence-electron chi connectivity index (χ3n) is 5.85. The quantitative estimate of drug-likeness (QED) is 0.341. The van der Waals surface area contributed by atoms with E-state index in [0.717, 1.165) is 16.5 Å². The SMILES string of the molecule is COc1cc(NC(=O)N2N=C(c3cc4ccccc4o3)CC2c2ccc(O)c(OC)c2)ccc1O. The number of anilines is 1. The van der Waals surface area contributed by atoms with Crippen LogP contribution in [0, 0.1) is 0 Å². The summed E-state index contributed by atoms with van der Waals surface area (Å²) in [5.41, 5.74) is 2.50. The molecule has 2 heterocycles. The number of nitrogens with zero attached hydrogens (tertiary/aromatic N) is 2. The molecule has 4 aromatic rings. The average molecular weight is 473 g/mol. The molecule has 0 aliphatic carbocycles. The number of urea groups is 1. The number of ether oxygens (including phenoxy) is 2. The van der Waals surface area contributed by atoms with Crippen molar-refractivity contribution < 1.29 is 28.9 Å². The molecule has 1 aliphatic heterocycles. The zero-order valence-corrected chi connectivity index (χ0v) is 19.1. The highest BCUT2D eigenvalue weighted by Crippen LogP contribution is 2.38. The standard InChI is InChI=1S/C26H23N3O6/c1-33-24-11-15(7-9-20(24)30)19-14-18(23-12-16-5-3-4-6-22(16)35-23)28-29(19)26(32)27-17-8-10-21(31)25(13-17)34-2/h3-13,19,30-31H,14H2,1-2H3,(H,27,32). The number of methoxy groups -OCH3 is 2. The molecule has 2 amide bonds. The number of aromatic hydroxyl groups is 2. The van der Waals surface area contributed by atoms with Crippen molar-refractivity contribution in [3.8, 4) is 23.0 Å². The van der Waals surface area contributed by atoms with Crippen LogP contribution >= 0.6 is 0 Å². The van der Waals surface area contributed by atoms with Crippen LogP contribution in [0.4, 0.5) is 10.5 Å². The maximum atomic E-state index is 13.3. The molecule has 178 valence electrons. The molecular weight excluding hydrogens is 450 g/mol. The van der Waals surface area contributed by atoms with E-state index in [0.29, 0.717) is 29.3 Å². The van der Waals surface area contributed by atoms with Crippen molar-refractivity contribution in [1.82, 2.24) is 5.01 Å². The number of hydrogen-bond acceptors (Lipinski definition) is 7. The van der Waals surface area contributed by atoms with Crippen molar-refractivity contribution in [3.05, 3.63) is 78.1 Å². The number of carbonyl (C=O) groups is 1. The Bertz CT molecular complexity index is 1410. The smallest absolute Gasteiger partial charge is 0.342 e. The van der Waals surface area contributed by atoms with E-state index in [1.807, 2.05) is 30.3 Å². The molecule has 0 bridgehead atoms. The minimum absolute atomic E-state index is 0.000127. The fourth-order valence-corrected chi connectivity index (χ4v) is 4.07. The number of phenols is 2. The zero-order valence-electron chi connectivity index (χ0n) is 19.1. The van der Waals surface area contributed by atoms with E-state index in [-0.39, 0.29) is 17.2 Å². The molecule has 0 saturated carbocycles. The summed E-state index contributed by atoms with van der Waals surface area (Å²) in [5.74, 6) is 1.06. The first kappa shape index (κ1) is 22.1. The minimum atomic E-state index is -0.485. The number of para-hydroxylation sites is 1. The summed E-state index contributed by atoms with van der Waals surface area (Å²) >= 11 is 0. The molecule has 1 unspecified atom stereocenters. The number of hydrazone groups is 1. The third kappa shape index (κ3) is 4.19. The zero-order chi connectivity index (χ0) is 24.5. The van der Waals surface area contributed by atoms with Crippen molar-refractivity contribution in [1.29, 1.82) is 0 Å². The van der Waals surface area contributed by atoms with E-state index in [1.54, 1.807) is 18.2 Å². The van der Waals surface area contributed by atoms with E-state index >= 15 is 0 Å². The Morgan fingerprint density at radius 2 is 1.71 bits per heavy atom. The van der Waals surface area contributed by atoms with Gasteiger partial charge in [0, 0.05) is 23.6 Å². The van der Waals surface area contributed by atoms with Crippen molar-refractivity contribution in [3.63, 3.8) is 0 Å². The first-order valence-corrected chi connectivity index (χ1v) is 10.9. The monoisotopic (exact) mass is 473 g/mol. The van der Waals surface area contributed by atoms with Crippen LogP contribution in [0.2, 0.25) is 0 Å². The first-order valence-electron chi connectivity index (χ1n) is 10.9. The maximum Gasteiger partial charge on any atom is 0.342 e. The summed E-state index contributed by atoms with van der Waals surface area (Å²) < 4.78 is 16.4. The molecule has 3 N–H and O–H groups in total. The Hall–Kier alpha value is -4.66. The highest BCUT2D eigenvalue weighted by Gasteiger charge is 2.35. The van der Waals surface area contributed by atoms with E-state index < -0.39 is 12.1 Å². The van der Waals surface area contributed by atoms with Gasteiger partial charge in [0.15, 0.2) is 28.8 Å². The highest BCUT2D eigenvalue weighted by atomic mass is 16.5. The number of hydrogen-bond donors (Lipinski definition) is 3. The van der Waals surface area contributed by atoms with Gasteiger partial charge in [0.25, 0.3) is 0 Å². The van der Waals surface area contributed by atoms with Crippen LogP contribution in [0.1, 0.15) is 23.8 Å². The van der Waals surface area contributed by atoms with Gasteiger partial charge in [-0.2, -0.15) is 5.10 Å². The number of furan rings is 1. The second kappa shape index (κ2) is 8.94. The van der Waals surface area contributed by atoms with Gasteiger partial charge in [0.2, 0.25) is 0 Å². The maximum absolute atomic E-state index is 13.3. The Labute approximate surface area is 200 Å². The number of nitrogens with one attached hydrogen (secondary N) is 1. The lowest BCUT2D eigenvalue weighted by molar-refractivity contribution is 0.200. The molecule has 1 atom stereocenters. The molecule has 0 fully saturated rings. The topological polar surface area (TPSA) is 117 Å². The molecule has 0 spiro atoms. The minimum Gasteiger partial charge on any atom is -0.504 e. The molecular formula is C26H23N3O6. The van der Waals surface area contributed by atoms with Crippen LogP contribution in [-0.4, -0.2) is 41.2 Å². The van der Waals surface area contributed by atoms with E-state index in [4.69, 9.17) is 13.9 Å². The Morgan fingerprint density at radius 3 is 2.46 bits per heavy atom. The van der Waals surface area contributed by atoms with Gasteiger partial charge in [-0.25, -0.2) is 9.80 Å². The van der Waals surface area contributed by atoms with Crippen molar-refractivity contribution in [2.75, 3.05) is 19.5 Å². The highest BCUT2D eigenvalue weighted by molar-refractivity contribution is 6.04. The Balaban J connectivity index is 1.51. The number of phenolic OH excluding ortho intramolecular Hbond substituents is 2. The van der Waals surface area contributed by atoms with E-state index in [1.165, 1.54) is 37.4 Å². The first-order chi connectivity index (χ1) is 17.0. The molecule has 0 radical (unpaired) electrons. The second-order valence-electron chi connectivity index (χ2n) is 8.01. The van der Waals surface area contributed by atoms with Crippen LogP contribution in [0.3, 0.4) is 0 Å². The van der Waals surface area contributed by atoms with Crippen LogP contribution in [-0.2, 0) is 0 Å². The molecule has 9 heteroatoms. The third-order valence-corrected chi connectivity index (χ3v) is 5.85. The molecule has 0 saturated heterocycles. The molecule has 1 aliphatic rings. The van der Waals surface area contributed by atoms with Crippen LogP contribution in [0.5, 0.6) is 23.0 Å². The fraction of sp³-hybridized carbons (Fsp3) is 0.154. The number of rotatable bonds is 5. The number of amides is 2. The molecule has 1 aromatic heterocycles. The Kier molecular flexibility index (Phi) is 5.66. The second-order valence-corrected chi connectivity index (χ2v) is 8.01. The van der Waals surface area contributed by atoms with Gasteiger partial charge in [0.1, 0.15) is 11.3 Å². The van der Waals surface area contributed by atoms with E-state index in [9.17, 15) is 15.0 Å². The predicted molar refractivity (Wildman–Crippen MR) is 130 cm³/mol. The number of carbonyl (C=O) groups excluding carboxylic acids is 1. The average Bonchev–Trinajstić information content (AvgIpc) is 3.50. The van der Waals surface area contributed by atoms with Gasteiger partial charge >= 0.3 is 6.03 Å². The van der Waals surface area contributed by atoms with Crippen LogP contribution < -0.4 is 14.8 Å². The Morgan fingerprint density at radius 1 is 1.00 bits per heavy atom. The summed E-state index contributed by atoms with van der Waals surface area (Å²) in [6, 6.07) is 18.0. The van der Waals surface area contributed by atoms with Crippen molar-refractivity contribution in [2.24, 2.45) is 5.10 Å². The predicted octanol–water partition coefficient (Wildman–Crippen LogP) is 5.24. The number of fused-ring (bicyclic) bond motifs is 1. The van der Waals surface area contributed by atoms with Gasteiger partial charge in [-0.3, -0.25) is 0 Å². The number of benzene rings is 3.